The molecule has 0 atom stereocenters. The average molecular weight is 410 g/mol. The molecule has 156 valence electrons. The maximum Gasteiger partial charge on any atom is 0.273 e. The maximum absolute atomic E-state index is 10.5. The summed E-state index contributed by atoms with van der Waals surface area (Å²) in [5.41, 5.74) is 8.02. The van der Waals surface area contributed by atoms with Gasteiger partial charge in [0.2, 0.25) is 0 Å². The molecular formula is C21H32ClN3O3. The van der Waals surface area contributed by atoms with Crippen molar-refractivity contribution in [2.24, 2.45) is 5.73 Å². The number of hydrogen-bond acceptors (Lipinski definition) is 5. The summed E-state index contributed by atoms with van der Waals surface area (Å²) in [6.07, 6.45) is 5.53. The van der Waals surface area contributed by atoms with Crippen LogP contribution in [0.1, 0.15) is 39.7 Å². The highest BCUT2D eigenvalue weighted by Crippen LogP contribution is 2.25. The Hall–Kier alpha value is -2.44. The number of nitrogens with zero attached hydrogens (tertiary/aromatic N) is 1. The number of rotatable bonds is 7. The van der Waals surface area contributed by atoms with Crippen molar-refractivity contribution in [1.29, 1.82) is 5.41 Å². The summed E-state index contributed by atoms with van der Waals surface area (Å²) in [5.74, 6) is 0.598. The summed E-state index contributed by atoms with van der Waals surface area (Å²) in [4.78, 5) is 10.1. The molecule has 0 spiro atoms. The normalized spacial score (nSPS) is 10.7. The first-order valence-corrected chi connectivity index (χ1v) is 9.19. The zero-order valence-corrected chi connectivity index (χ0v) is 18.4. The summed E-state index contributed by atoms with van der Waals surface area (Å²) in [7, 11) is 3.03. The van der Waals surface area contributed by atoms with Crippen LogP contribution in [0.5, 0.6) is 5.75 Å². The zero-order valence-electron chi connectivity index (χ0n) is 17.6. The first-order chi connectivity index (χ1) is 13.2. The van der Waals surface area contributed by atoms with Gasteiger partial charge in [-0.1, -0.05) is 37.6 Å². The van der Waals surface area contributed by atoms with Crippen LogP contribution in [0.3, 0.4) is 0 Å². The van der Waals surface area contributed by atoms with Crippen LogP contribution < -0.4 is 10.5 Å². The largest absolute Gasteiger partial charge is 0.496 e. The van der Waals surface area contributed by atoms with Gasteiger partial charge in [-0.25, -0.2) is 0 Å². The monoisotopic (exact) mass is 409 g/mol. The van der Waals surface area contributed by atoms with Gasteiger partial charge in [-0.05, 0) is 63.1 Å². The van der Waals surface area contributed by atoms with Gasteiger partial charge in [0.05, 0.1) is 18.1 Å². The number of nitro groups is 1. The van der Waals surface area contributed by atoms with Gasteiger partial charge in [0.1, 0.15) is 5.75 Å². The van der Waals surface area contributed by atoms with Gasteiger partial charge >= 0.3 is 0 Å². The third kappa shape index (κ3) is 10.6. The third-order valence-electron chi connectivity index (χ3n) is 3.49. The van der Waals surface area contributed by atoms with Crippen LogP contribution in [0.15, 0.2) is 53.1 Å². The highest BCUT2D eigenvalue weighted by Gasteiger charge is 2.10. The predicted octanol–water partition coefficient (Wildman–Crippen LogP) is 5.80. The van der Waals surface area contributed by atoms with E-state index in [9.17, 15) is 10.1 Å². The number of nitrogens with one attached hydrogen (secondary N) is 1. The molecular weight excluding hydrogens is 378 g/mol. The van der Waals surface area contributed by atoms with E-state index in [1.54, 1.807) is 19.1 Å². The van der Waals surface area contributed by atoms with Gasteiger partial charge < -0.3 is 15.9 Å². The van der Waals surface area contributed by atoms with E-state index < -0.39 is 4.92 Å². The molecule has 0 radical (unpaired) electrons. The van der Waals surface area contributed by atoms with Gasteiger partial charge in [-0.15, -0.1) is 0 Å². The Balaban J connectivity index is 0. The first kappa shape index (κ1) is 27.8. The van der Waals surface area contributed by atoms with Crippen LogP contribution in [-0.2, 0) is 6.42 Å². The minimum Gasteiger partial charge on any atom is -0.496 e. The quantitative estimate of drug-likeness (QED) is 0.257. The number of benzene rings is 1. The molecule has 0 aliphatic rings. The lowest BCUT2D eigenvalue weighted by atomic mass is 10.0. The number of allylic oxidation sites excluding steroid dienone is 5. The molecule has 0 aromatic heterocycles. The van der Waals surface area contributed by atoms with E-state index in [1.165, 1.54) is 26.3 Å². The smallest absolute Gasteiger partial charge is 0.273 e. The number of halogens is 1. The number of hydrogen-bond donors (Lipinski definition) is 2. The first-order valence-electron chi connectivity index (χ1n) is 8.81. The number of methoxy groups -OCH3 is 1. The molecule has 0 bridgehead atoms. The maximum atomic E-state index is 10.5. The predicted molar refractivity (Wildman–Crippen MR) is 120 cm³/mol. The lowest BCUT2D eigenvalue weighted by Gasteiger charge is -2.06. The Morgan fingerprint density at radius 3 is 2.32 bits per heavy atom. The van der Waals surface area contributed by atoms with Crippen molar-refractivity contribution < 1.29 is 9.66 Å². The van der Waals surface area contributed by atoms with E-state index >= 15 is 0 Å². The summed E-state index contributed by atoms with van der Waals surface area (Å²) >= 11 is 5.61. The summed E-state index contributed by atoms with van der Waals surface area (Å²) in [5, 5.41) is 18.4. The zero-order chi connectivity index (χ0) is 22.3. The summed E-state index contributed by atoms with van der Waals surface area (Å²) < 4.78 is 5.08. The number of nitrogens with two attached hydrogens (primary N) is 1. The molecule has 3 N–H and O–H groups in total. The van der Waals surface area contributed by atoms with Gasteiger partial charge in [0.15, 0.2) is 0 Å². The van der Waals surface area contributed by atoms with E-state index in [1.807, 2.05) is 19.9 Å². The van der Waals surface area contributed by atoms with Crippen LogP contribution in [0, 0.1) is 15.5 Å². The van der Waals surface area contributed by atoms with Crippen molar-refractivity contribution in [2.45, 2.75) is 40.5 Å². The van der Waals surface area contributed by atoms with Crippen molar-refractivity contribution in [3.05, 3.63) is 68.8 Å². The lowest BCUT2D eigenvalue weighted by molar-refractivity contribution is -0.384. The van der Waals surface area contributed by atoms with Gasteiger partial charge in [0, 0.05) is 16.8 Å². The van der Waals surface area contributed by atoms with Crippen LogP contribution in [0.2, 0.25) is 0 Å². The fourth-order valence-corrected chi connectivity index (χ4v) is 2.54. The fraction of sp³-hybridized carbons (Fsp3) is 0.381. The van der Waals surface area contributed by atoms with E-state index in [4.69, 9.17) is 21.7 Å². The van der Waals surface area contributed by atoms with Gasteiger partial charge in [0.25, 0.3) is 5.69 Å². The highest BCUT2D eigenvalue weighted by molar-refractivity contribution is 6.31. The Morgan fingerprint density at radius 1 is 1.39 bits per heavy atom. The molecule has 0 unspecified atom stereocenters. The van der Waals surface area contributed by atoms with Crippen molar-refractivity contribution in [1.82, 2.24) is 0 Å². The minimum absolute atomic E-state index is 0.0710. The topological polar surface area (TPSA) is 102 Å². The minimum atomic E-state index is -0.418. The number of ether oxygens (including phenoxy) is 1. The number of nitro benzene ring substituents is 1. The molecule has 28 heavy (non-hydrogen) atoms. The van der Waals surface area contributed by atoms with Gasteiger partial charge in [-0.2, -0.15) is 0 Å². The molecule has 7 heteroatoms. The van der Waals surface area contributed by atoms with E-state index in [0.717, 1.165) is 29.6 Å². The van der Waals surface area contributed by atoms with E-state index in [-0.39, 0.29) is 5.69 Å². The van der Waals surface area contributed by atoms with Crippen LogP contribution in [-0.4, -0.2) is 24.8 Å². The van der Waals surface area contributed by atoms with Crippen LogP contribution in [0.4, 0.5) is 5.69 Å². The Morgan fingerprint density at radius 2 is 1.96 bits per heavy atom. The molecule has 0 aliphatic heterocycles. The SMILES string of the molecule is C=C(Cl)/C=C(C)\C(=C/C)C(C)=N.CCCc1ccc([N+](=O)[O-])cc1OC.CN. The molecule has 6 nitrogen and oxygen atoms in total. The van der Waals surface area contributed by atoms with Crippen molar-refractivity contribution in [3.63, 3.8) is 0 Å². The van der Waals surface area contributed by atoms with Crippen molar-refractivity contribution >= 4 is 23.0 Å². The van der Waals surface area contributed by atoms with Crippen molar-refractivity contribution in [2.75, 3.05) is 14.2 Å². The standard InChI is InChI=1S/C10H14ClN.C10H13NO3.CH5N/c1-5-10(9(4)12)7(2)6-8(3)11;1-3-4-8-5-6-9(11(12)13)7-10(8)14-2;1-2/h5-6,12H,3H2,1-2,4H3;5-7H,3-4H2,1-2H3;2H2,1H3/b7-6-,10-5+,12-9?;;. The second-order valence-corrected chi connectivity index (χ2v) is 6.09. The van der Waals surface area contributed by atoms with Crippen LogP contribution in [0.25, 0.3) is 0 Å². The molecule has 0 saturated heterocycles. The molecule has 1 aromatic carbocycles. The number of non-ortho nitro benzene ring substituents is 1. The summed E-state index contributed by atoms with van der Waals surface area (Å²) in [6, 6.07) is 4.72. The molecule has 0 heterocycles. The van der Waals surface area contributed by atoms with E-state index in [0.29, 0.717) is 16.5 Å². The molecule has 1 rings (SSSR count). The Labute approximate surface area is 173 Å². The highest BCUT2D eigenvalue weighted by atomic mass is 35.5. The molecule has 0 aliphatic carbocycles. The average Bonchev–Trinajstić information content (AvgIpc) is 2.64. The van der Waals surface area contributed by atoms with Gasteiger partial charge in [-0.3, -0.25) is 10.1 Å². The Kier molecular flexibility index (Phi) is 15.5. The molecule has 1 aromatic rings. The second kappa shape index (κ2) is 15.6. The Bertz CT molecular complexity index is 726. The lowest BCUT2D eigenvalue weighted by Crippen LogP contribution is -1.96. The van der Waals surface area contributed by atoms with Crippen LogP contribution >= 0.6 is 11.6 Å². The third-order valence-corrected chi connectivity index (χ3v) is 3.60. The second-order valence-electron chi connectivity index (χ2n) is 5.60. The van der Waals surface area contributed by atoms with Crippen molar-refractivity contribution in [3.8, 4) is 5.75 Å². The number of aryl methyl sites for hydroxylation is 1. The molecule has 0 amide bonds. The molecule has 0 saturated carbocycles. The van der Waals surface area contributed by atoms with E-state index in [2.05, 4.69) is 19.2 Å². The molecule has 0 fully saturated rings. The fourth-order valence-electron chi connectivity index (χ4n) is 2.38. The summed E-state index contributed by atoms with van der Waals surface area (Å²) in [6.45, 7) is 11.2.